The number of aldehydes is 1. The zero-order valence-corrected chi connectivity index (χ0v) is 10.5. The molecule has 2 saturated heterocycles. The molecule has 2 unspecified atom stereocenters. The van der Waals surface area contributed by atoms with Crippen LogP contribution < -0.4 is 0 Å². The lowest BCUT2D eigenvalue weighted by molar-refractivity contribution is -0.109. The van der Waals surface area contributed by atoms with E-state index in [0.29, 0.717) is 30.3 Å². The zero-order valence-electron chi connectivity index (χ0n) is 10.5. The van der Waals surface area contributed by atoms with E-state index in [4.69, 9.17) is 0 Å². The molecule has 0 spiro atoms. The van der Waals surface area contributed by atoms with Crippen LogP contribution >= 0.6 is 0 Å². The standard InChI is InChI=1S/C15H19NO2/c17-7-6-16-13-4-5-14(16)9-12(8-13)11-2-1-3-15(18)10-11/h1-3,7,10,12-14,18H,4-6,8-9H2. The number of rotatable bonds is 3. The highest BCUT2D eigenvalue weighted by atomic mass is 16.3. The van der Waals surface area contributed by atoms with Crippen LogP contribution in [-0.2, 0) is 4.79 Å². The summed E-state index contributed by atoms with van der Waals surface area (Å²) in [7, 11) is 0. The Kier molecular flexibility index (Phi) is 3.08. The predicted octanol–water partition coefficient (Wildman–Crippen LogP) is 2.30. The molecule has 0 aromatic heterocycles. The average Bonchev–Trinajstić information content (AvgIpc) is 2.62. The van der Waals surface area contributed by atoms with Gasteiger partial charge in [-0.1, -0.05) is 12.1 Å². The molecule has 1 aromatic rings. The predicted molar refractivity (Wildman–Crippen MR) is 69.7 cm³/mol. The van der Waals surface area contributed by atoms with Crippen molar-refractivity contribution in [3.8, 4) is 5.75 Å². The van der Waals surface area contributed by atoms with Crippen molar-refractivity contribution in [2.24, 2.45) is 0 Å². The largest absolute Gasteiger partial charge is 0.508 e. The van der Waals surface area contributed by atoms with Crippen LogP contribution in [-0.4, -0.2) is 34.9 Å². The summed E-state index contributed by atoms with van der Waals surface area (Å²) < 4.78 is 0. The topological polar surface area (TPSA) is 40.5 Å². The highest BCUT2D eigenvalue weighted by molar-refractivity contribution is 5.52. The number of piperidine rings is 1. The summed E-state index contributed by atoms with van der Waals surface area (Å²) >= 11 is 0. The first-order valence-electron chi connectivity index (χ1n) is 6.76. The van der Waals surface area contributed by atoms with E-state index in [9.17, 15) is 9.90 Å². The van der Waals surface area contributed by atoms with Gasteiger partial charge in [0.05, 0.1) is 6.54 Å². The average molecular weight is 245 g/mol. The van der Waals surface area contributed by atoms with Crippen molar-refractivity contribution < 1.29 is 9.90 Å². The molecule has 2 aliphatic heterocycles. The monoisotopic (exact) mass is 245 g/mol. The smallest absolute Gasteiger partial charge is 0.134 e. The van der Waals surface area contributed by atoms with E-state index in [1.807, 2.05) is 12.1 Å². The number of phenols is 1. The highest BCUT2D eigenvalue weighted by Crippen LogP contribution is 2.43. The van der Waals surface area contributed by atoms with E-state index < -0.39 is 0 Å². The summed E-state index contributed by atoms with van der Waals surface area (Å²) in [6, 6.07) is 8.76. The molecule has 96 valence electrons. The molecule has 2 heterocycles. The van der Waals surface area contributed by atoms with Gasteiger partial charge >= 0.3 is 0 Å². The molecule has 0 saturated carbocycles. The van der Waals surface area contributed by atoms with Gasteiger partial charge in [-0.25, -0.2) is 0 Å². The molecule has 3 rings (SSSR count). The molecule has 18 heavy (non-hydrogen) atoms. The van der Waals surface area contributed by atoms with Crippen LogP contribution in [0.3, 0.4) is 0 Å². The van der Waals surface area contributed by atoms with Gasteiger partial charge in [0.1, 0.15) is 12.0 Å². The fraction of sp³-hybridized carbons (Fsp3) is 0.533. The number of phenolic OH excluding ortho intramolecular Hbond substituents is 1. The third kappa shape index (κ3) is 2.03. The third-order valence-electron chi connectivity index (χ3n) is 4.51. The minimum atomic E-state index is 0.357. The Hall–Kier alpha value is -1.35. The van der Waals surface area contributed by atoms with E-state index in [1.165, 1.54) is 18.4 Å². The quantitative estimate of drug-likeness (QED) is 0.831. The zero-order chi connectivity index (χ0) is 12.5. The van der Waals surface area contributed by atoms with Crippen LogP contribution in [0.15, 0.2) is 24.3 Å². The number of carbonyl (C=O) groups is 1. The second-order valence-electron chi connectivity index (χ2n) is 5.51. The van der Waals surface area contributed by atoms with E-state index >= 15 is 0 Å². The highest BCUT2D eigenvalue weighted by Gasteiger charge is 2.40. The number of fused-ring (bicyclic) bond motifs is 2. The molecule has 0 aliphatic carbocycles. The molecule has 3 heteroatoms. The molecule has 3 nitrogen and oxygen atoms in total. The number of nitrogens with zero attached hydrogens (tertiary/aromatic N) is 1. The van der Waals surface area contributed by atoms with Gasteiger partial charge in [-0.2, -0.15) is 0 Å². The van der Waals surface area contributed by atoms with Crippen LogP contribution in [0.2, 0.25) is 0 Å². The van der Waals surface area contributed by atoms with Gasteiger partial charge in [0.25, 0.3) is 0 Å². The van der Waals surface area contributed by atoms with Gasteiger partial charge in [-0.3, -0.25) is 4.90 Å². The molecule has 0 amide bonds. The Bertz CT molecular complexity index is 432. The molecular formula is C15H19NO2. The van der Waals surface area contributed by atoms with Crippen molar-refractivity contribution in [3.63, 3.8) is 0 Å². The van der Waals surface area contributed by atoms with Crippen LogP contribution in [0.4, 0.5) is 0 Å². The second kappa shape index (κ2) is 4.73. The summed E-state index contributed by atoms with van der Waals surface area (Å²) in [5, 5.41) is 9.57. The van der Waals surface area contributed by atoms with E-state index in [0.717, 1.165) is 19.1 Å². The minimum Gasteiger partial charge on any atom is -0.508 e. The molecule has 2 aliphatic rings. The SMILES string of the molecule is O=CCN1C2CCC1CC(c1cccc(O)c1)C2. The molecule has 1 aromatic carbocycles. The van der Waals surface area contributed by atoms with Crippen LogP contribution in [0.25, 0.3) is 0 Å². The molecule has 2 bridgehead atoms. The van der Waals surface area contributed by atoms with Crippen LogP contribution in [0.5, 0.6) is 5.75 Å². The van der Waals surface area contributed by atoms with Crippen molar-refractivity contribution in [2.45, 2.75) is 43.7 Å². The van der Waals surface area contributed by atoms with Crippen molar-refractivity contribution >= 4 is 6.29 Å². The molecule has 1 N–H and O–H groups in total. The first-order valence-corrected chi connectivity index (χ1v) is 6.76. The molecule has 0 radical (unpaired) electrons. The van der Waals surface area contributed by atoms with Crippen molar-refractivity contribution in [2.75, 3.05) is 6.54 Å². The maximum Gasteiger partial charge on any atom is 0.134 e. The normalized spacial score (nSPS) is 31.4. The lowest BCUT2D eigenvalue weighted by Crippen LogP contribution is -2.43. The fourth-order valence-corrected chi connectivity index (χ4v) is 3.71. The first-order chi connectivity index (χ1) is 8.78. The van der Waals surface area contributed by atoms with Gasteiger partial charge in [0, 0.05) is 12.1 Å². The summed E-state index contributed by atoms with van der Waals surface area (Å²) in [5.74, 6) is 0.896. The number of hydrogen-bond acceptors (Lipinski definition) is 3. The molecule has 2 fully saturated rings. The number of benzene rings is 1. The Morgan fingerprint density at radius 2 is 2.00 bits per heavy atom. The lowest BCUT2D eigenvalue weighted by atomic mass is 9.85. The lowest BCUT2D eigenvalue weighted by Gasteiger charge is -2.38. The van der Waals surface area contributed by atoms with Gasteiger partial charge in [-0.05, 0) is 49.3 Å². The Morgan fingerprint density at radius 3 is 2.61 bits per heavy atom. The van der Waals surface area contributed by atoms with Gasteiger partial charge in [-0.15, -0.1) is 0 Å². The summed E-state index contributed by atoms with van der Waals surface area (Å²) in [6.45, 7) is 0.585. The van der Waals surface area contributed by atoms with Gasteiger partial charge < -0.3 is 9.90 Å². The summed E-state index contributed by atoms with van der Waals surface area (Å²) in [5.41, 5.74) is 1.25. The molecular weight excluding hydrogens is 226 g/mol. The van der Waals surface area contributed by atoms with Crippen LogP contribution in [0, 0.1) is 0 Å². The number of aromatic hydroxyl groups is 1. The summed E-state index contributed by atoms with van der Waals surface area (Å²) in [4.78, 5) is 13.1. The first kappa shape index (κ1) is 11.7. The van der Waals surface area contributed by atoms with Crippen molar-refractivity contribution in [1.82, 2.24) is 4.90 Å². The van der Waals surface area contributed by atoms with Gasteiger partial charge in [0.15, 0.2) is 0 Å². The maximum atomic E-state index is 10.7. The number of hydrogen-bond donors (Lipinski definition) is 1. The van der Waals surface area contributed by atoms with Crippen LogP contribution in [0.1, 0.15) is 37.2 Å². The second-order valence-corrected chi connectivity index (χ2v) is 5.51. The van der Waals surface area contributed by atoms with Crippen molar-refractivity contribution in [3.05, 3.63) is 29.8 Å². The molecule has 2 atom stereocenters. The van der Waals surface area contributed by atoms with E-state index in [-0.39, 0.29) is 0 Å². The Labute approximate surface area is 107 Å². The maximum absolute atomic E-state index is 10.7. The van der Waals surface area contributed by atoms with E-state index in [2.05, 4.69) is 11.0 Å². The third-order valence-corrected chi connectivity index (χ3v) is 4.51. The minimum absolute atomic E-state index is 0.357. The van der Waals surface area contributed by atoms with Gasteiger partial charge in [0.2, 0.25) is 0 Å². The fourth-order valence-electron chi connectivity index (χ4n) is 3.71. The summed E-state index contributed by atoms with van der Waals surface area (Å²) in [6.07, 6.45) is 5.70. The number of carbonyl (C=O) groups excluding carboxylic acids is 1. The van der Waals surface area contributed by atoms with E-state index in [1.54, 1.807) is 6.07 Å². The Balaban J connectivity index is 1.77. The Morgan fingerprint density at radius 1 is 1.28 bits per heavy atom. The van der Waals surface area contributed by atoms with Crippen molar-refractivity contribution in [1.29, 1.82) is 0 Å².